The normalized spacial score (nSPS) is 12.6. The highest BCUT2D eigenvalue weighted by Crippen LogP contribution is 2.39. The summed E-state index contributed by atoms with van der Waals surface area (Å²) >= 11 is 9.33. The number of rotatable bonds is 13. The Morgan fingerprint density at radius 1 is 1.16 bits per heavy atom. The summed E-state index contributed by atoms with van der Waals surface area (Å²) in [6.45, 7) is 6.21. The van der Waals surface area contributed by atoms with E-state index in [1.165, 1.54) is 37.3 Å². The van der Waals surface area contributed by atoms with Crippen molar-refractivity contribution < 1.29 is 32.2 Å². The van der Waals surface area contributed by atoms with Crippen molar-refractivity contribution in [2.24, 2.45) is 0 Å². The highest BCUT2D eigenvalue weighted by Gasteiger charge is 2.42. The van der Waals surface area contributed by atoms with Crippen LogP contribution in [0.4, 0.5) is 5.95 Å². The molecule has 43 heavy (non-hydrogen) atoms. The van der Waals surface area contributed by atoms with E-state index in [0.717, 1.165) is 4.31 Å². The summed E-state index contributed by atoms with van der Waals surface area (Å²) in [5, 5.41) is 17.3. The molecule has 4 aromatic rings. The number of carboxylic acid groups (broad SMARTS) is 1. The third kappa shape index (κ3) is 7.06. The Morgan fingerprint density at radius 3 is 2.37 bits per heavy atom. The molecule has 16 heteroatoms. The van der Waals surface area contributed by atoms with Gasteiger partial charge in [0.1, 0.15) is 17.2 Å². The highest BCUT2D eigenvalue weighted by atomic mass is 79.9. The van der Waals surface area contributed by atoms with Crippen LogP contribution in [0.1, 0.15) is 5.69 Å². The summed E-state index contributed by atoms with van der Waals surface area (Å²) in [6.07, 6.45) is 2.34. The molecule has 3 aromatic heterocycles. The first-order chi connectivity index (χ1) is 20.3. The Morgan fingerprint density at radius 2 is 1.84 bits per heavy atom. The van der Waals surface area contributed by atoms with Crippen molar-refractivity contribution in [2.45, 2.75) is 37.4 Å². The van der Waals surface area contributed by atoms with Crippen molar-refractivity contribution in [3.63, 3.8) is 0 Å². The molecule has 0 aliphatic rings. The summed E-state index contributed by atoms with van der Waals surface area (Å²) < 4.78 is 48.7. The largest absolute Gasteiger partial charge is 0.494 e. The zero-order valence-corrected chi connectivity index (χ0v) is 28.3. The molecule has 0 aliphatic carbocycles. The van der Waals surface area contributed by atoms with Gasteiger partial charge in [-0.05, 0) is 52.3 Å². The Kier molecular flexibility index (Phi) is 9.88. The van der Waals surface area contributed by atoms with Crippen molar-refractivity contribution in [2.75, 3.05) is 25.1 Å². The summed E-state index contributed by atoms with van der Waals surface area (Å²) in [5.74, 6) is -0.585. The van der Waals surface area contributed by atoms with E-state index in [4.69, 9.17) is 25.5 Å². The Hall–Kier alpha value is -3.40. The van der Waals surface area contributed by atoms with Gasteiger partial charge in [0.15, 0.2) is 11.0 Å². The maximum atomic E-state index is 14.5. The fourth-order valence-corrected chi connectivity index (χ4v) is 7.76. The van der Waals surface area contributed by atoms with E-state index in [-0.39, 0.29) is 24.0 Å². The molecule has 0 saturated heterocycles. The lowest BCUT2D eigenvalue weighted by atomic mass is 10.2. The van der Waals surface area contributed by atoms with E-state index in [2.05, 4.69) is 50.8 Å². The number of carbonyl (C=O) groups is 1. The fraction of sp³-hybridized carbons (Fsp3) is 0.333. The van der Waals surface area contributed by atoms with Gasteiger partial charge in [-0.25, -0.2) is 12.7 Å². The number of halogens is 2. The molecular formula is C27H31BrClN5O7SSi. The summed E-state index contributed by atoms with van der Waals surface area (Å²) in [5.41, 5.74) is 0.524. The first kappa shape index (κ1) is 32.5. The number of anilines is 1. The van der Waals surface area contributed by atoms with Crippen LogP contribution in [-0.4, -0.2) is 73.3 Å². The van der Waals surface area contributed by atoms with Crippen LogP contribution >= 0.6 is 27.5 Å². The van der Waals surface area contributed by atoms with Gasteiger partial charge in [-0.15, -0.1) is 10.2 Å². The molecule has 1 atom stereocenters. The number of methoxy groups -OCH3 is 2. The van der Waals surface area contributed by atoms with Crippen LogP contribution in [0.25, 0.3) is 17.3 Å². The number of nitrogens with zero attached hydrogens (tertiary/aromatic N) is 5. The number of carboxylic acids is 1. The van der Waals surface area contributed by atoms with Gasteiger partial charge in [0.25, 0.3) is 10.0 Å². The van der Waals surface area contributed by atoms with E-state index < -0.39 is 35.7 Å². The van der Waals surface area contributed by atoms with E-state index in [1.54, 1.807) is 30.3 Å². The van der Waals surface area contributed by atoms with Gasteiger partial charge in [0.2, 0.25) is 11.8 Å². The van der Waals surface area contributed by atoms with Gasteiger partial charge < -0.3 is 19.0 Å². The molecule has 12 nitrogen and oxygen atoms in total. The number of furan rings is 1. The molecule has 0 spiro atoms. The molecule has 0 amide bonds. The molecule has 1 unspecified atom stereocenters. The second-order valence-electron chi connectivity index (χ2n) is 10.7. The zero-order valence-electron chi connectivity index (χ0n) is 24.1. The first-order valence-corrected chi connectivity index (χ1v) is 19.4. The molecule has 0 aliphatic heterocycles. The van der Waals surface area contributed by atoms with Crippen LogP contribution in [0.15, 0.2) is 57.7 Å². The molecule has 230 valence electrons. The number of pyridine rings is 1. The van der Waals surface area contributed by atoms with E-state index in [9.17, 15) is 18.3 Å². The monoisotopic (exact) mass is 711 g/mol. The molecule has 0 saturated carbocycles. The van der Waals surface area contributed by atoms with E-state index in [0.29, 0.717) is 38.5 Å². The number of hydrogen-bond acceptors (Lipinski definition) is 9. The lowest BCUT2D eigenvalue weighted by Gasteiger charge is -2.29. The molecule has 4 rings (SSSR count). The highest BCUT2D eigenvalue weighted by molar-refractivity contribution is 9.10. The van der Waals surface area contributed by atoms with Crippen molar-refractivity contribution >= 4 is 57.5 Å². The van der Waals surface area contributed by atoms with Crippen LogP contribution in [0.5, 0.6) is 11.5 Å². The Balaban J connectivity index is 1.98. The lowest BCUT2D eigenvalue weighted by Crippen LogP contribution is -2.46. The average molecular weight is 713 g/mol. The summed E-state index contributed by atoms with van der Waals surface area (Å²) in [4.78, 5) is 16.8. The number of sulfonamides is 1. The van der Waals surface area contributed by atoms with Crippen LogP contribution < -0.4 is 13.8 Å². The van der Waals surface area contributed by atoms with Crippen molar-refractivity contribution in [1.82, 2.24) is 19.7 Å². The Labute approximate surface area is 263 Å². The second-order valence-corrected chi connectivity index (χ2v) is 19.6. The topological polar surface area (TPSA) is 150 Å². The van der Waals surface area contributed by atoms with Gasteiger partial charge in [0, 0.05) is 31.7 Å². The van der Waals surface area contributed by atoms with Crippen molar-refractivity contribution in [3.05, 3.63) is 64.0 Å². The number of ether oxygens (including phenoxy) is 2. The minimum Gasteiger partial charge on any atom is -0.494 e. The van der Waals surface area contributed by atoms with E-state index in [1.807, 2.05) is 0 Å². The van der Waals surface area contributed by atoms with Crippen LogP contribution in [0.2, 0.25) is 30.7 Å². The van der Waals surface area contributed by atoms with Crippen LogP contribution in [0, 0.1) is 0 Å². The number of aliphatic carboxylic acids is 1. The van der Waals surface area contributed by atoms with Crippen LogP contribution in [-0.2, 0) is 21.2 Å². The first-order valence-electron chi connectivity index (χ1n) is 13.0. The number of benzene rings is 1. The summed E-state index contributed by atoms with van der Waals surface area (Å²) in [7, 11) is -3.61. The quantitative estimate of drug-likeness (QED) is 0.176. The maximum Gasteiger partial charge on any atom is 0.324 e. The molecule has 1 aromatic carbocycles. The second kappa shape index (κ2) is 13.1. The van der Waals surface area contributed by atoms with Gasteiger partial charge >= 0.3 is 5.97 Å². The van der Waals surface area contributed by atoms with Gasteiger partial charge in [-0.3, -0.25) is 14.3 Å². The third-order valence-electron chi connectivity index (χ3n) is 6.51. The zero-order chi connectivity index (χ0) is 31.5. The van der Waals surface area contributed by atoms with Crippen molar-refractivity contribution in [3.8, 4) is 28.8 Å². The summed E-state index contributed by atoms with van der Waals surface area (Å²) in [6, 6.07) is 10.4. The van der Waals surface area contributed by atoms with Gasteiger partial charge in [-0.1, -0.05) is 37.3 Å². The predicted octanol–water partition coefficient (Wildman–Crippen LogP) is 5.53. The average Bonchev–Trinajstić information content (AvgIpc) is 3.61. The maximum absolute atomic E-state index is 14.5. The van der Waals surface area contributed by atoms with Gasteiger partial charge in [-0.2, -0.15) is 0 Å². The predicted molar refractivity (Wildman–Crippen MR) is 169 cm³/mol. The molecule has 0 bridgehead atoms. The molecule has 0 radical (unpaired) electrons. The SMILES string of the molecule is COc1cccc(OC)c1-n1c(-c2ccco2)nnc1N(CC[Si](C)(C)C)S(=O)(=O)C(Cc1ncc(Cl)cc1Br)C(=O)O. The van der Waals surface area contributed by atoms with E-state index >= 15 is 0 Å². The molecular weight excluding hydrogens is 682 g/mol. The van der Waals surface area contributed by atoms with Crippen molar-refractivity contribution in [1.29, 1.82) is 0 Å². The fourth-order valence-electron chi connectivity index (χ4n) is 4.28. The minimum atomic E-state index is -4.66. The number of para-hydroxylation sites is 1. The smallest absolute Gasteiger partial charge is 0.324 e. The molecule has 3 heterocycles. The molecule has 1 N–H and O–H groups in total. The van der Waals surface area contributed by atoms with Gasteiger partial charge in [0.05, 0.1) is 31.2 Å². The van der Waals surface area contributed by atoms with Crippen LogP contribution in [0.3, 0.4) is 0 Å². The third-order valence-corrected chi connectivity index (χ3v) is 11.2. The lowest BCUT2D eigenvalue weighted by molar-refractivity contribution is -0.136. The standard InChI is InChI=1S/C27H31BrClN5O7SSi/c1-39-20-8-6-9-21(40-2)24(20)34-25(22-10-7-12-41-22)31-32-27(34)33(11-13-43(3,4)5)42(37,38)23(26(35)36)15-19-18(28)14-17(29)16-30-19/h6-10,12,14,16,23H,11,13,15H2,1-5H3,(H,35,36). The molecule has 0 fully saturated rings. The number of hydrogen-bond donors (Lipinski definition) is 1. The Bertz CT molecular complexity index is 1690. The minimum absolute atomic E-state index is 0.0508. The number of aromatic nitrogens is 4.